The highest BCUT2D eigenvalue weighted by Crippen LogP contribution is 2.31. The number of nitrogens with zero attached hydrogens (tertiary/aromatic N) is 2. The number of aryl methyl sites for hydroxylation is 1. The van der Waals surface area contributed by atoms with Gasteiger partial charge in [-0.1, -0.05) is 26.0 Å². The number of H-pyrrole nitrogens is 1. The van der Waals surface area contributed by atoms with Gasteiger partial charge in [0.2, 0.25) is 5.91 Å². The molecule has 1 saturated carbocycles. The third-order valence-corrected chi connectivity index (χ3v) is 5.09. The van der Waals surface area contributed by atoms with Crippen molar-refractivity contribution in [1.82, 2.24) is 14.5 Å². The Hall–Kier alpha value is -2.37. The second-order valence-corrected chi connectivity index (χ2v) is 7.19. The molecule has 6 nitrogen and oxygen atoms in total. The molecule has 25 heavy (non-hydrogen) atoms. The van der Waals surface area contributed by atoms with Gasteiger partial charge in [0.05, 0.1) is 10.9 Å². The molecular weight excluding hydrogens is 318 g/mol. The highest BCUT2D eigenvalue weighted by atomic mass is 16.2. The predicted molar refractivity (Wildman–Crippen MR) is 97.6 cm³/mol. The zero-order chi connectivity index (χ0) is 18.1. The maximum absolute atomic E-state index is 12.8. The van der Waals surface area contributed by atoms with Crippen LogP contribution in [0.25, 0.3) is 10.9 Å². The number of carbonyl (C=O) groups excluding carboxylic acids is 1. The zero-order valence-corrected chi connectivity index (χ0v) is 15.0. The van der Waals surface area contributed by atoms with Crippen molar-refractivity contribution in [1.29, 1.82) is 0 Å². The smallest absolute Gasteiger partial charge is 0.328 e. The maximum atomic E-state index is 12.8. The summed E-state index contributed by atoms with van der Waals surface area (Å²) < 4.78 is 1.49. The minimum atomic E-state index is -0.466. The van der Waals surface area contributed by atoms with E-state index >= 15 is 0 Å². The highest BCUT2D eigenvalue weighted by Gasteiger charge is 2.36. The Kier molecular flexibility index (Phi) is 4.79. The zero-order valence-electron chi connectivity index (χ0n) is 15.0. The van der Waals surface area contributed by atoms with Crippen LogP contribution in [0.1, 0.15) is 40.0 Å². The van der Waals surface area contributed by atoms with Crippen molar-refractivity contribution in [2.24, 2.45) is 5.92 Å². The fourth-order valence-electron chi connectivity index (χ4n) is 3.24. The van der Waals surface area contributed by atoms with Crippen molar-refractivity contribution >= 4 is 16.8 Å². The Bertz CT molecular complexity index is 893. The maximum Gasteiger partial charge on any atom is 0.328 e. The van der Waals surface area contributed by atoms with Gasteiger partial charge in [-0.05, 0) is 37.8 Å². The first-order valence-electron chi connectivity index (χ1n) is 8.93. The molecule has 6 heteroatoms. The normalized spacial score (nSPS) is 15.5. The molecule has 0 aliphatic heterocycles. The molecule has 1 aliphatic rings. The fourth-order valence-corrected chi connectivity index (χ4v) is 3.24. The number of benzene rings is 1. The fraction of sp³-hybridized carbons (Fsp3) is 0.526. The van der Waals surface area contributed by atoms with Gasteiger partial charge in [-0.25, -0.2) is 4.79 Å². The first kappa shape index (κ1) is 17.5. The van der Waals surface area contributed by atoms with E-state index in [0.717, 1.165) is 12.8 Å². The van der Waals surface area contributed by atoms with Crippen molar-refractivity contribution in [2.75, 3.05) is 0 Å². The molecule has 0 radical (unpaired) electrons. The number of amides is 1. The topological polar surface area (TPSA) is 75.2 Å². The average molecular weight is 343 g/mol. The lowest BCUT2D eigenvalue weighted by Gasteiger charge is -2.32. The monoisotopic (exact) mass is 343 g/mol. The van der Waals surface area contributed by atoms with Crippen molar-refractivity contribution in [3.63, 3.8) is 0 Å². The largest absolute Gasteiger partial charge is 0.337 e. The van der Waals surface area contributed by atoms with Crippen LogP contribution in [-0.4, -0.2) is 32.4 Å². The Morgan fingerprint density at radius 2 is 1.92 bits per heavy atom. The molecule has 3 rings (SSSR count). The summed E-state index contributed by atoms with van der Waals surface area (Å²) in [5.41, 5.74) is -0.290. The molecule has 1 N–H and O–H groups in total. The molecule has 2 aromatic rings. The predicted octanol–water partition coefficient (Wildman–Crippen LogP) is 2.12. The number of hydrogen-bond acceptors (Lipinski definition) is 3. The number of para-hydroxylation sites is 1. The lowest BCUT2D eigenvalue weighted by atomic mass is 10.0. The van der Waals surface area contributed by atoms with Crippen molar-refractivity contribution in [3.8, 4) is 0 Å². The standard InChI is InChI=1S/C19H25N3O3/c1-12(2)13(3)22(14-8-9-14)17(23)10-11-21-16-7-5-4-6-15(16)18(24)20-19(21)25/h4-7,12-14H,8-11H2,1-3H3,(H,20,24,25). The Balaban J connectivity index is 1.84. The van der Waals surface area contributed by atoms with E-state index in [1.54, 1.807) is 24.3 Å². The molecule has 1 aromatic heterocycles. The lowest BCUT2D eigenvalue weighted by Crippen LogP contribution is -2.43. The second kappa shape index (κ2) is 6.86. The molecule has 1 unspecified atom stereocenters. The number of carbonyl (C=O) groups is 1. The number of aromatic amines is 1. The number of fused-ring (bicyclic) bond motifs is 1. The van der Waals surface area contributed by atoms with Crippen LogP contribution in [0.3, 0.4) is 0 Å². The van der Waals surface area contributed by atoms with Crippen LogP contribution in [0.2, 0.25) is 0 Å². The van der Waals surface area contributed by atoms with Crippen LogP contribution in [0.4, 0.5) is 0 Å². The van der Waals surface area contributed by atoms with E-state index in [4.69, 9.17) is 0 Å². The molecule has 1 amide bonds. The van der Waals surface area contributed by atoms with Crippen LogP contribution < -0.4 is 11.2 Å². The van der Waals surface area contributed by atoms with Gasteiger partial charge in [-0.2, -0.15) is 0 Å². The minimum absolute atomic E-state index is 0.0749. The van der Waals surface area contributed by atoms with E-state index in [9.17, 15) is 14.4 Å². The van der Waals surface area contributed by atoms with Crippen LogP contribution in [0, 0.1) is 5.92 Å². The van der Waals surface area contributed by atoms with Gasteiger partial charge in [0.1, 0.15) is 0 Å². The van der Waals surface area contributed by atoms with E-state index in [0.29, 0.717) is 22.9 Å². The van der Waals surface area contributed by atoms with Crippen LogP contribution in [0.5, 0.6) is 0 Å². The second-order valence-electron chi connectivity index (χ2n) is 7.19. The van der Waals surface area contributed by atoms with E-state index in [1.165, 1.54) is 4.57 Å². The van der Waals surface area contributed by atoms with E-state index < -0.39 is 11.2 Å². The van der Waals surface area contributed by atoms with Crippen LogP contribution in [0.15, 0.2) is 33.9 Å². The van der Waals surface area contributed by atoms with E-state index in [2.05, 4.69) is 25.8 Å². The summed E-state index contributed by atoms with van der Waals surface area (Å²) in [6.07, 6.45) is 2.37. The minimum Gasteiger partial charge on any atom is -0.337 e. The van der Waals surface area contributed by atoms with Gasteiger partial charge in [0, 0.05) is 25.0 Å². The van der Waals surface area contributed by atoms with E-state index in [1.807, 2.05) is 4.90 Å². The molecule has 0 spiro atoms. The summed E-state index contributed by atoms with van der Waals surface area (Å²) in [6, 6.07) is 7.50. The van der Waals surface area contributed by atoms with Gasteiger partial charge in [-0.15, -0.1) is 0 Å². The van der Waals surface area contributed by atoms with Gasteiger partial charge >= 0.3 is 5.69 Å². The number of nitrogens with one attached hydrogen (secondary N) is 1. The summed E-state index contributed by atoms with van der Waals surface area (Å²) in [5.74, 6) is 0.465. The average Bonchev–Trinajstić information content (AvgIpc) is 3.39. The van der Waals surface area contributed by atoms with E-state index in [-0.39, 0.29) is 24.9 Å². The van der Waals surface area contributed by atoms with Gasteiger partial charge in [-0.3, -0.25) is 19.1 Å². The number of rotatable bonds is 6. The first-order valence-corrected chi connectivity index (χ1v) is 8.93. The van der Waals surface area contributed by atoms with Crippen molar-refractivity contribution in [3.05, 3.63) is 45.1 Å². The van der Waals surface area contributed by atoms with Crippen LogP contribution >= 0.6 is 0 Å². The van der Waals surface area contributed by atoms with Gasteiger partial charge in [0.15, 0.2) is 0 Å². The molecule has 1 atom stereocenters. The number of aromatic nitrogens is 2. The van der Waals surface area contributed by atoms with Crippen LogP contribution in [-0.2, 0) is 11.3 Å². The number of hydrogen-bond donors (Lipinski definition) is 1. The Labute approximate surface area is 146 Å². The molecule has 1 fully saturated rings. The molecule has 1 aromatic carbocycles. The third kappa shape index (κ3) is 3.52. The lowest BCUT2D eigenvalue weighted by molar-refractivity contribution is -0.135. The SMILES string of the molecule is CC(C)C(C)N(C(=O)CCn1c(=O)[nH]c(=O)c2ccccc21)C1CC1. The van der Waals surface area contributed by atoms with Crippen molar-refractivity contribution < 1.29 is 4.79 Å². The Morgan fingerprint density at radius 3 is 2.56 bits per heavy atom. The van der Waals surface area contributed by atoms with Gasteiger partial charge < -0.3 is 4.90 Å². The summed E-state index contributed by atoms with van der Waals surface area (Å²) in [4.78, 5) is 41.2. The van der Waals surface area contributed by atoms with Crippen molar-refractivity contribution in [2.45, 2.75) is 58.7 Å². The summed E-state index contributed by atoms with van der Waals surface area (Å²) in [7, 11) is 0. The molecule has 1 heterocycles. The molecule has 0 bridgehead atoms. The first-order chi connectivity index (χ1) is 11.9. The molecular formula is C19H25N3O3. The third-order valence-electron chi connectivity index (χ3n) is 5.09. The summed E-state index contributed by atoms with van der Waals surface area (Å²) in [6.45, 7) is 6.59. The molecule has 1 aliphatic carbocycles. The molecule has 134 valence electrons. The molecule has 0 saturated heterocycles. The summed E-state index contributed by atoms with van der Waals surface area (Å²) in [5, 5.41) is 0.462. The summed E-state index contributed by atoms with van der Waals surface area (Å²) >= 11 is 0. The Morgan fingerprint density at radius 1 is 1.24 bits per heavy atom. The highest BCUT2D eigenvalue weighted by molar-refractivity contribution is 5.79. The quantitative estimate of drug-likeness (QED) is 0.873. The van der Waals surface area contributed by atoms with Gasteiger partial charge in [0.25, 0.3) is 5.56 Å².